The van der Waals surface area contributed by atoms with E-state index in [1.807, 2.05) is 0 Å². The van der Waals surface area contributed by atoms with Crippen LogP contribution in [0.4, 0.5) is 16.4 Å². The summed E-state index contributed by atoms with van der Waals surface area (Å²) in [4.78, 5) is 25.3. The van der Waals surface area contributed by atoms with Crippen LogP contribution in [0, 0.1) is 0 Å². The van der Waals surface area contributed by atoms with E-state index in [1.54, 1.807) is 12.1 Å². The molecule has 0 spiro atoms. The van der Waals surface area contributed by atoms with Crippen LogP contribution < -0.4 is 26.7 Å². The van der Waals surface area contributed by atoms with Gasteiger partial charge in [0.15, 0.2) is 0 Å². The molecule has 0 saturated heterocycles. The van der Waals surface area contributed by atoms with Gasteiger partial charge in [-0.3, -0.25) is 15.1 Å². The van der Waals surface area contributed by atoms with Crippen molar-refractivity contribution in [2.45, 2.75) is 0 Å². The van der Waals surface area contributed by atoms with E-state index in [0.717, 1.165) is 6.20 Å². The summed E-state index contributed by atoms with van der Waals surface area (Å²) >= 11 is 5.89. The van der Waals surface area contributed by atoms with Gasteiger partial charge in [0.25, 0.3) is 5.56 Å². The molecule has 5 N–H and O–H groups in total. The number of urea groups is 1. The fourth-order valence-corrected chi connectivity index (χ4v) is 1.70. The van der Waals surface area contributed by atoms with Crippen LogP contribution in [-0.2, 0) is 0 Å². The number of nitrogens with zero attached hydrogens (tertiary/aromatic N) is 2. The van der Waals surface area contributed by atoms with E-state index in [0.29, 0.717) is 23.0 Å². The molecule has 1 aromatic heterocycles. The van der Waals surface area contributed by atoms with Gasteiger partial charge in [-0.2, -0.15) is 0 Å². The van der Waals surface area contributed by atoms with Crippen molar-refractivity contribution in [3.63, 3.8) is 0 Å². The van der Waals surface area contributed by atoms with Crippen molar-refractivity contribution >= 4 is 29.3 Å². The fraction of sp³-hybridized carbons (Fsp3) is 0.167. The molecular formula is C12H13ClN6O3. The first-order valence-electron chi connectivity index (χ1n) is 6.21. The number of carbonyl (C=O) groups is 1. The number of H-pyrrole nitrogens is 1. The Morgan fingerprint density at radius 2 is 2.23 bits per heavy atom. The summed E-state index contributed by atoms with van der Waals surface area (Å²) in [6.45, 7) is 0.616. The lowest BCUT2D eigenvalue weighted by Crippen LogP contribution is -2.23. The van der Waals surface area contributed by atoms with Crippen molar-refractivity contribution < 1.29 is 9.53 Å². The molecule has 1 aromatic carbocycles. The van der Waals surface area contributed by atoms with Crippen molar-refractivity contribution in [3.05, 3.63) is 39.8 Å². The van der Waals surface area contributed by atoms with Crippen LogP contribution in [0.1, 0.15) is 0 Å². The lowest BCUT2D eigenvalue weighted by Gasteiger charge is -2.12. The standard InChI is InChI=1S/C12H13ClN6O3/c13-7-1-2-9(22-4-3-14)8(5-7)16-12(21)18-11-17-10(20)6-15-19-11/h1-2,5-6H,3-4,14H2,(H3,16,17,18,19,20,21). The number of anilines is 2. The second-order valence-corrected chi connectivity index (χ2v) is 4.48. The van der Waals surface area contributed by atoms with E-state index >= 15 is 0 Å². The topological polar surface area (TPSA) is 135 Å². The van der Waals surface area contributed by atoms with Gasteiger partial charge in [-0.05, 0) is 18.2 Å². The smallest absolute Gasteiger partial charge is 0.326 e. The maximum atomic E-state index is 11.9. The highest BCUT2D eigenvalue weighted by Crippen LogP contribution is 2.28. The Hall–Kier alpha value is -2.65. The molecule has 0 aliphatic heterocycles. The van der Waals surface area contributed by atoms with E-state index in [4.69, 9.17) is 22.1 Å². The highest BCUT2D eigenvalue weighted by molar-refractivity contribution is 6.31. The highest BCUT2D eigenvalue weighted by atomic mass is 35.5. The number of nitrogens with one attached hydrogen (secondary N) is 3. The van der Waals surface area contributed by atoms with Crippen molar-refractivity contribution in [1.82, 2.24) is 15.2 Å². The summed E-state index contributed by atoms with van der Waals surface area (Å²) in [6, 6.07) is 4.11. The van der Waals surface area contributed by atoms with Crippen molar-refractivity contribution in [3.8, 4) is 5.75 Å². The van der Waals surface area contributed by atoms with Crippen LogP contribution in [0.2, 0.25) is 5.02 Å². The normalized spacial score (nSPS) is 10.1. The Kier molecular flexibility index (Phi) is 5.28. The second-order valence-electron chi connectivity index (χ2n) is 4.04. The summed E-state index contributed by atoms with van der Waals surface area (Å²) in [5, 5.41) is 12.3. The minimum atomic E-state index is -0.643. The monoisotopic (exact) mass is 324 g/mol. The molecule has 116 valence electrons. The number of nitrogens with two attached hydrogens (primary N) is 1. The molecule has 1 heterocycles. The van der Waals surface area contributed by atoms with Gasteiger partial charge < -0.3 is 15.8 Å². The van der Waals surface area contributed by atoms with Crippen LogP contribution >= 0.6 is 11.6 Å². The number of aromatic nitrogens is 3. The predicted molar refractivity (Wildman–Crippen MR) is 81.3 cm³/mol. The number of benzene rings is 1. The third kappa shape index (κ3) is 4.43. The zero-order valence-corrected chi connectivity index (χ0v) is 12.1. The van der Waals surface area contributed by atoms with E-state index in [9.17, 15) is 9.59 Å². The first-order valence-corrected chi connectivity index (χ1v) is 6.58. The van der Waals surface area contributed by atoms with Crippen LogP contribution in [0.25, 0.3) is 0 Å². The zero-order chi connectivity index (χ0) is 15.9. The first kappa shape index (κ1) is 15.7. The molecule has 0 bridgehead atoms. The fourth-order valence-electron chi connectivity index (χ4n) is 1.52. The molecule has 22 heavy (non-hydrogen) atoms. The summed E-state index contributed by atoms with van der Waals surface area (Å²) in [5.74, 6) is 0.328. The van der Waals surface area contributed by atoms with Crippen LogP contribution in [0.3, 0.4) is 0 Å². The molecule has 2 amide bonds. The van der Waals surface area contributed by atoms with Gasteiger partial charge in [0.1, 0.15) is 18.6 Å². The van der Waals surface area contributed by atoms with Crippen molar-refractivity contribution in [2.24, 2.45) is 5.73 Å². The quantitative estimate of drug-likeness (QED) is 0.642. The molecule has 2 aromatic rings. The summed E-state index contributed by atoms with van der Waals surface area (Å²) in [5.41, 5.74) is 5.24. The minimum Gasteiger partial charge on any atom is -0.490 e. The molecule has 0 fully saturated rings. The molecule has 0 atom stereocenters. The number of rotatable bonds is 5. The molecule has 0 saturated carbocycles. The lowest BCUT2D eigenvalue weighted by atomic mass is 10.3. The summed E-state index contributed by atoms with van der Waals surface area (Å²) in [6.07, 6.45) is 0.985. The van der Waals surface area contributed by atoms with Gasteiger partial charge in [0.2, 0.25) is 5.95 Å². The van der Waals surface area contributed by atoms with E-state index in [2.05, 4.69) is 25.8 Å². The van der Waals surface area contributed by atoms with Gasteiger partial charge in [-0.25, -0.2) is 4.79 Å². The molecule has 2 rings (SSSR count). The largest absolute Gasteiger partial charge is 0.490 e. The Morgan fingerprint density at radius 3 is 2.95 bits per heavy atom. The Bertz CT molecular complexity index is 720. The van der Waals surface area contributed by atoms with Crippen LogP contribution in [0.5, 0.6) is 5.75 Å². The molecular weight excluding hydrogens is 312 g/mol. The SMILES string of the molecule is NCCOc1ccc(Cl)cc1NC(=O)Nc1nncc(=O)[nH]1. The van der Waals surface area contributed by atoms with Gasteiger partial charge >= 0.3 is 6.03 Å². The average molecular weight is 325 g/mol. The first-order chi connectivity index (χ1) is 10.6. The molecule has 0 radical (unpaired) electrons. The van der Waals surface area contributed by atoms with E-state index < -0.39 is 11.6 Å². The number of amides is 2. The van der Waals surface area contributed by atoms with E-state index in [-0.39, 0.29) is 12.6 Å². The van der Waals surface area contributed by atoms with Crippen molar-refractivity contribution in [2.75, 3.05) is 23.8 Å². The number of aromatic amines is 1. The Morgan fingerprint density at radius 1 is 1.41 bits per heavy atom. The van der Waals surface area contributed by atoms with Gasteiger partial charge in [-0.1, -0.05) is 11.6 Å². The number of hydrogen-bond donors (Lipinski definition) is 4. The third-order valence-electron chi connectivity index (χ3n) is 2.37. The number of hydrogen-bond acceptors (Lipinski definition) is 6. The Labute approximate surface area is 129 Å². The zero-order valence-electron chi connectivity index (χ0n) is 11.3. The Balaban J connectivity index is 2.10. The van der Waals surface area contributed by atoms with Gasteiger partial charge in [0.05, 0.1) is 5.69 Å². The third-order valence-corrected chi connectivity index (χ3v) is 2.61. The van der Waals surface area contributed by atoms with Crippen LogP contribution in [-0.4, -0.2) is 34.4 Å². The molecule has 0 aliphatic carbocycles. The lowest BCUT2D eigenvalue weighted by molar-refractivity contribution is 0.261. The predicted octanol–water partition coefficient (Wildman–Crippen LogP) is 0.800. The second kappa shape index (κ2) is 7.38. The molecule has 0 unspecified atom stereocenters. The number of ether oxygens (including phenoxy) is 1. The maximum Gasteiger partial charge on any atom is 0.326 e. The summed E-state index contributed by atoms with van der Waals surface area (Å²) < 4.78 is 5.40. The van der Waals surface area contributed by atoms with Gasteiger partial charge in [0, 0.05) is 11.6 Å². The molecule has 10 heteroatoms. The summed E-state index contributed by atoms with van der Waals surface area (Å²) in [7, 11) is 0. The molecule has 0 aliphatic rings. The van der Waals surface area contributed by atoms with Crippen molar-refractivity contribution in [1.29, 1.82) is 0 Å². The minimum absolute atomic E-state index is 0.0866. The number of carbonyl (C=O) groups excluding carboxylic acids is 1. The van der Waals surface area contributed by atoms with Gasteiger partial charge in [-0.15, -0.1) is 10.2 Å². The van der Waals surface area contributed by atoms with Crippen LogP contribution in [0.15, 0.2) is 29.2 Å². The average Bonchev–Trinajstić information content (AvgIpc) is 2.46. The van der Waals surface area contributed by atoms with E-state index in [1.165, 1.54) is 6.07 Å². The maximum absolute atomic E-state index is 11.9. The highest BCUT2D eigenvalue weighted by Gasteiger charge is 2.10. The number of halogens is 1. The molecule has 9 nitrogen and oxygen atoms in total.